The molecule has 0 unspecified atom stereocenters. The molecule has 156 valence electrons. The van der Waals surface area contributed by atoms with E-state index in [-0.39, 0.29) is 18.2 Å². The molecule has 0 saturated carbocycles. The van der Waals surface area contributed by atoms with Crippen molar-refractivity contribution >= 4 is 27.2 Å². The third-order valence-corrected chi connectivity index (χ3v) is 5.88. The lowest BCUT2D eigenvalue weighted by Gasteiger charge is -2.11. The summed E-state index contributed by atoms with van der Waals surface area (Å²) < 4.78 is 38.0. The molecular formula is C22H21ClN2O4S. The van der Waals surface area contributed by atoms with Gasteiger partial charge in [0.1, 0.15) is 5.75 Å². The Bertz CT molecular complexity index is 1080. The van der Waals surface area contributed by atoms with Gasteiger partial charge in [0.25, 0.3) is 0 Å². The van der Waals surface area contributed by atoms with Crippen molar-refractivity contribution in [1.82, 2.24) is 9.71 Å². The Morgan fingerprint density at radius 2 is 1.80 bits per heavy atom. The third kappa shape index (κ3) is 5.90. The van der Waals surface area contributed by atoms with Crippen molar-refractivity contribution in [2.24, 2.45) is 0 Å². The Balaban J connectivity index is 1.82. The molecule has 0 aliphatic rings. The Morgan fingerprint density at radius 3 is 2.43 bits per heavy atom. The van der Waals surface area contributed by atoms with E-state index in [1.807, 2.05) is 42.5 Å². The van der Waals surface area contributed by atoms with Crippen LogP contribution in [0.1, 0.15) is 11.1 Å². The highest BCUT2D eigenvalue weighted by molar-refractivity contribution is 7.89. The Morgan fingerprint density at radius 1 is 1.07 bits per heavy atom. The van der Waals surface area contributed by atoms with Crippen molar-refractivity contribution in [3.63, 3.8) is 0 Å². The largest absolute Gasteiger partial charge is 0.468 e. The van der Waals surface area contributed by atoms with Crippen LogP contribution < -0.4 is 9.46 Å². The van der Waals surface area contributed by atoms with Gasteiger partial charge >= 0.3 is 0 Å². The first-order valence-electron chi connectivity index (χ1n) is 9.07. The molecule has 1 heterocycles. The molecule has 0 aliphatic heterocycles. The number of benzene rings is 2. The van der Waals surface area contributed by atoms with Gasteiger partial charge in [-0.1, -0.05) is 35.9 Å². The summed E-state index contributed by atoms with van der Waals surface area (Å²) in [6.45, 7) is 0.272. The van der Waals surface area contributed by atoms with Gasteiger partial charge in [0.05, 0.1) is 4.90 Å². The summed E-state index contributed by atoms with van der Waals surface area (Å²) in [5.74, 6) is 0.676. The van der Waals surface area contributed by atoms with Gasteiger partial charge in [-0.25, -0.2) is 13.1 Å². The molecule has 2 aromatic carbocycles. The summed E-state index contributed by atoms with van der Waals surface area (Å²) >= 11 is 5.84. The second kappa shape index (κ2) is 10.4. The van der Waals surface area contributed by atoms with Crippen LogP contribution >= 0.6 is 11.6 Å². The zero-order chi connectivity index (χ0) is 21.4. The maximum Gasteiger partial charge on any atom is 0.240 e. The molecule has 3 rings (SSSR count). The summed E-state index contributed by atoms with van der Waals surface area (Å²) in [5, 5.41) is 0.477. The minimum absolute atomic E-state index is 0.108. The molecule has 8 heteroatoms. The molecule has 0 atom stereocenters. The maximum absolute atomic E-state index is 12.5. The van der Waals surface area contributed by atoms with Crippen LogP contribution in [-0.4, -0.2) is 33.8 Å². The second-order valence-corrected chi connectivity index (χ2v) is 8.44. The molecular weight excluding hydrogens is 424 g/mol. The van der Waals surface area contributed by atoms with Gasteiger partial charge in [-0.05, 0) is 53.6 Å². The fourth-order valence-electron chi connectivity index (χ4n) is 2.73. The minimum atomic E-state index is -3.66. The molecule has 1 aromatic heterocycles. The standard InChI is InChI=1S/C22H21ClN2O4S/c1-28-16-29-20-8-4-17(5-9-20)22(18-3-2-13-24-15-18)12-14-25-30(26,27)21-10-6-19(23)7-11-21/h2-13,15,25H,14,16H2,1H3/b22-12-. The van der Waals surface area contributed by atoms with E-state index in [0.717, 1.165) is 16.7 Å². The fraction of sp³-hybridized carbons (Fsp3) is 0.136. The van der Waals surface area contributed by atoms with Crippen LogP contribution in [0.4, 0.5) is 0 Å². The van der Waals surface area contributed by atoms with Crippen molar-refractivity contribution in [1.29, 1.82) is 0 Å². The molecule has 0 spiro atoms. The molecule has 1 N–H and O–H groups in total. The zero-order valence-corrected chi connectivity index (χ0v) is 17.9. The molecule has 0 amide bonds. The number of ether oxygens (including phenoxy) is 2. The average Bonchev–Trinajstić information content (AvgIpc) is 2.77. The number of pyridine rings is 1. The van der Waals surface area contributed by atoms with E-state index in [1.165, 1.54) is 12.1 Å². The summed E-state index contributed by atoms with van der Waals surface area (Å²) in [7, 11) is -2.10. The van der Waals surface area contributed by atoms with E-state index in [1.54, 1.807) is 31.6 Å². The molecule has 6 nitrogen and oxygen atoms in total. The summed E-state index contributed by atoms with van der Waals surface area (Å²) in [6.07, 6.45) is 5.23. The Labute approximate surface area is 181 Å². The number of hydrogen-bond donors (Lipinski definition) is 1. The Hall–Kier alpha value is -2.71. The van der Waals surface area contributed by atoms with E-state index in [0.29, 0.717) is 10.8 Å². The maximum atomic E-state index is 12.5. The number of methoxy groups -OCH3 is 1. The van der Waals surface area contributed by atoms with Crippen molar-refractivity contribution in [2.45, 2.75) is 4.90 Å². The van der Waals surface area contributed by atoms with Crippen LogP contribution in [0.15, 0.2) is 84.0 Å². The highest BCUT2D eigenvalue weighted by atomic mass is 35.5. The SMILES string of the molecule is COCOc1ccc(/C(=C/CNS(=O)(=O)c2ccc(Cl)cc2)c2cccnc2)cc1. The predicted molar refractivity (Wildman–Crippen MR) is 117 cm³/mol. The highest BCUT2D eigenvalue weighted by Crippen LogP contribution is 2.25. The number of aromatic nitrogens is 1. The van der Waals surface area contributed by atoms with Gasteiger partial charge < -0.3 is 9.47 Å². The normalized spacial score (nSPS) is 12.0. The first kappa shape index (κ1) is 22.0. The Kier molecular flexibility index (Phi) is 7.59. The lowest BCUT2D eigenvalue weighted by molar-refractivity contribution is 0.0511. The van der Waals surface area contributed by atoms with E-state index in [9.17, 15) is 8.42 Å². The quantitative estimate of drug-likeness (QED) is 0.502. The summed E-state index contributed by atoms with van der Waals surface area (Å²) in [4.78, 5) is 4.32. The van der Waals surface area contributed by atoms with Gasteiger partial charge in [0, 0.05) is 36.6 Å². The van der Waals surface area contributed by atoms with Gasteiger partial charge in [-0.2, -0.15) is 0 Å². The van der Waals surface area contributed by atoms with Crippen LogP contribution in [0, 0.1) is 0 Å². The van der Waals surface area contributed by atoms with Gasteiger partial charge in [-0.15, -0.1) is 0 Å². The second-order valence-electron chi connectivity index (χ2n) is 6.24. The van der Waals surface area contributed by atoms with E-state index in [4.69, 9.17) is 21.1 Å². The molecule has 0 saturated heterocycles. The molecule has 30 heavy (non-hydrogen) atoms. The molecule has 0 fully saturated rings. The number of nitrogens with one attached hydrogen (secondary N) is 1. The number of halogens is 1. The van der Waals surface area contributed by atoms with E-state index >= 15 is 0 Å². The van der Waals surface area contributed by atoms with Gasteiger partial charge in [-0.3, -0.25) is 4.98 Å². The van der Waals surface area contributed by atoms with Crippen molar-refractivity contribution < 1.29 is 17.9 Å². The van der Waals surface area contributed by atoms with Crippen LogP contribution in [-0.2, 0) is 14.8 Å². The topological polar surface area (TPSA) is 77.5 Å². The van der Waals surface area contributed by atoms with Crippen molar-refractivity contribution in [3.05, 3.63) is 95.3 Å². The van der Waals surface area contributed by atoms with Gasteiger partial charge in [0.15, 0.2) is 6.79 Å². The average molecular weight is 445 g/mol. The van der Waals surface area contributed by atoms with Crippen LogP contribution in [0.2, 0.25) is 5.02 Å². The van der Waals surface area contributed by atoms with Crippen LogP contribution in [0.25, 0.3) is 5.57 Å². The van der Waals surface area contributed by atoms with Crippen molar-refractivity contribution in [2.75, 3.05) is 20.4 Å². The number of rotatable bonds is 9. The summed E-state index contributed by atoms with van der Waals surface area (Å²) in [6, 6.07) is 17.2. The highest BCUT2D eigenvalue weighted by Gasteiger charge is 2.13. The van der Waals surface area contributed by atoms with Gasteiger partial charge in [0.2, 0.25) is 10.0 Å². The van der Waals surface area contributed by atoms with E-state index < -0.39 is 10.0 Å². The first-order chi connectivity index (χ1) is 14.5. The first-order valence-corrected chi connectivity index (χ1v) is 10.9. The van der Waals surface area contributed by atoms with Crippen molar-refractivity contribution in [3.8, 4) is 5.75 Å². The summed E-state index contributed by atoms with van der Waals surface area (Å²) in [5.41, 5.74) is 2.62. The fourth-order valence-corrected chi connectivity index (χ4v) is 3.82. The number of nitrogens with zero attached hydrogens (tertiary/aromatic N) is 1. The lowest BCUT2D eigenvalue weighted by Crippen LogP contribution is -2.24. The van der Waals surface area contributed by atoms with Crippen LogP contribution in [0.3, 0.4) is 0 Å². The number of hydrogen-bond acceptors (Lipinski definition) is 5. The monoisotopic (exact) mass is 444 g/mol. The predicted octanol–water partition coefficient (Wildman–Crippen LogP) is 4.13. The molecule has 0 aliphatic carbocycles. The smallest absolute Gasteiger partial charge is 0.240 e. The lowest BCUT2D eigenvalue weighted by atomic mass is 9.99. The van der Waals surface area contributed by atoms with E-state index in [2.05, 4.69) is 9.71 Å². The minimum Gasteiger partial charge on any atom is -0.468 e. The third-order valence-electron chi connectivity index (χ3n) is 4.18. The molecule has 3 aromatic rings. The molecule has 0 radical (unpaired) electrons. The molecule has 0 bridgehead atoms. The number of sulfonamides is 1. The van der Waals surface area contributed by atoms with Crippen LogP contribution in [0.5, 0.6) is 5.75 Å². The zero-order valence-electron chi connectivity index (χ0n) is 16.3.